The summed E-state index contributed by atoms with van der Waals surface area (Å²) in [6.45, 7) is 4.30. The topological polar surface area (TPSA) is 52.7 Å². The van der Waals surface area contributed by atoms with Gasteiger partial charge in [-0.05, 0) is 18.1 Å². The first-order chi connectivity index (χ1) is 12.7. The van der Waals surface area contributed by atoms with Gasteiger partial charge in [0.1, 0.15) is 0 Å². The molecule has 1 heterocycles. The van der Waals surface area contributed by atoms with E-state index in [1.807, 2.05) is 72.5 Å². The summed E-state index contributed by atoms with van der Waals surface area (Å²) in [7, 11) is 0. The number of urea groups is 1. The highest BCUT2D eigenvalue weighted by molar-refractivity contribution is 5.81. The summed E-state index contributed by atoms with van der Waals surface area (Å²) in [5, 5.41) is 3.02. The molecule has 26 heavy (non-hydrogen) atoms. The SMILES string of the molecule is CCN(Cc1ccccc1)C(=O)NC1CC(=O)N(Cc2ccccc2)C1. The summed E-state index contributed by atoms with van der Waals surface area (Å²) in [4.78, 5) is 28.4. The van der Waals surface area contributed by atoms with Crippen molar-refractivity contribution in [1.82, 2.24) is 15.1 Å². The van der Waals surface area contributed by atoms with Crippen molar-refractivity contribution in [2.75, 3.05) is 13.1 Å². The molecule has 1 N–H and O–H groups in total. The van der Waals surface area contributed by atoms with Crippen LogP contribution in [0.5, 0.6) is 0 Å². The Morgan fingerprint density at radius 3 is 2.31 bits per heavy atom. The Balaban J connectivity index is 1.54. The molecule has 0 spiro atoms. The van der Waals surface area contributed by atoms with Crippen molar-refractivity contribution in [2.24, 2.45) is 0 Å². The number of nitrogens with zero attached hydrogens (tertiary/aromatic N) is 2. The molecule has 136 valence electrons. The van der Waals surface area contributed by atoms with Gasteiger partial charge in [-0.2, -0.15) is 0 Å². The molecule has 0 aliphatic carbocycles. The number of carbonyl (C=O) groups is 2. The maximum absolute atomic E-state index is 12.6. The van der Waals surface area contributed by atoms with Gasteiger partial charge in [-0.25, -0.2) is 4.79 Å². The number of rotatable bonds is 6. The van der Waals surface area contributed by atoms with Crippen molar-refractivity contribution >= 4 is 11.9 Å². The first kappa shape index (κ1) is 18.0. The fraction of sp³-hybridized carbons (Fsp3) is 0.333. The van der Waals surface area contributed by atoms with E-state index in [0.717, 1.165) is 11.1 Å². The lowest BCUT2D eigenvalue weighted by Crippen LogP contribution is -2.45. The number of nitrogens with one attached hydrogen (secondary N) is 1. The molecule has 0 aromatic heterocycles. The molecule has 1 fully saturated rings. The van der Waals surface area contributed by atoms with E-state index in [1.165, 1.54) is 0 Å². The molecule has 5 heteroatoms. The van der Waals surface area contributed by atoms with Gasteiger partial charge in [0, 0.05) is 32.6 Å². The van der Waals surface area contributed by atoms with Gasteiger partial charge in [0.2, 0.25) is 5.91 Å². The van der Waals surface area contributed by atoms with Crippen LogP contribution in [0, 0.1) is 0 Å². The zero-order valence-corrected chi connectivity index (χ0v) is 15.1. The van der Waals surface area contributed by atoms with E-state index in [4.69, 9.17) is 0 Å². The highest BCUT2D eigenvalue weighted by Crippen LogP contribution is 2.15. The van der Waals surface area contributed by atoms with Crippen LogP contribution < -0.4 is 5.32 Å². The summed E-state index contributed by atoms with van der Waals surface area (Å²) in [6, 6.07) is 19.6. The molecule has 1 aliphatic heterocycles. The van der Waals surface area contributed by atoms with E-state index in [-0.39, 0.29) is 18.0 Å². The van der Waals surface area contributed by atoms with E-state index >= 15 is 0 Å². The van der Waals surface area contributed by atoms with Crippen molar-refractivity contribution in [3.8, 4) is 0 Å². The van der Waals surface area contributed by atoms with Crippen molar-refractivity contribution in [3.63, 3.8) is 0 Å². The Kier molecular flexibility index (Phi) is 5.89. The molecule has 3 amide bonds. The molecular weight excluding hydrogens is 326 g/mol. The fourth-order valence-corrected chi connectivity index (χ4v) is 3.22. The lowest BCUT2D eigenvalue weighted by atomic mass is 10.2. The van der Waals surface area contributed by atoms with Crippen molar-refractivity contribution in [1.29, 1.82) is 0 Å². The van der Waals surface area contributed by atoms with Gasteiger partial charge in [-0.15, -0.1) is 0 Å². The van der Waals surface area contributed by atoms with Crippen LogP contribution in [0.25, 0.3) is 0 Å². The zero-order valence-electron chi connectivity index (χ0n) is 15.1. The van der Waals surface area contributed by atoms with Gasteiger partial charge in [0.05, 0.1) is 6.04 Å². The number of likely N-dealkylation sites (tertiary alicyclic amines) is 1. The molecule has 3 rings (SSSR count). The van der Waals surface area contributed by atoms with Crippen LogP contribution in [-0.4, -0.2) is 40.9 Å². The fourth-order valence-electron chi connectivity index (χ4n) is 3.22. The second-order valence-corrected chi connectivity index (χ2v) is 6.61. The normalized spacial score (nSPS) is 16.6. The summed E-state index contributed by atoms with van der Waals surface area (Å²) in [6.07, 6.45) is 0.363. The lowest BCUT2D eigenvalue weighted by Gasteiger charge is -2.24. The predicted molar refractivity (Wildman–Crippen MR) is 101 cm³/mol. The number of carbonyl (C=O) groups excluding carboxylic acids is 2. The van der Waals surface area contributed by atoms with E-state index in [9.17, 15) is 9.59 Å². The van der Waals surface area contributed by atoms with Gasteiger partial charge >= 0.3 is 6.03 Å². The largest absolute Gasteiger partial charge is 0.336 e. The molecule has 2 aromatic rings. The second-order valence-electron chi connectivity index (χ2n) is 6.61. The first-order valence-corrected chi connectivity index (χ1v) is 9.06. The molecule has 1 atom stereocenters. The van der Waals surface area contributed by atoms with E-state index in [2.05, 4.69) is 5.32 Å². The minimum absolute atomic E-state index is 0.0882. The van der Waals surface area contributed by atoms with Gasteiger partial charge in [-0.3, -0.25) is 4.79 Å². The molecule has 2 aromatic carbocycles. The standard InChI is InChI=1S/C21H25N3O2/c1-2-23(14-17-9-5-3-6-10-17)21(26)22-19-13-20(25)24(16-19)15-18-11-7-4-8-12-18/h3-12,19H,2,13-16H2,1H3,(H,22,26). The number of hydrogen-bond acceptors (Lipinski definition) is 2. The second kappa shape index (κ2) is 8.52. The molecular formula is C21H25N3O2. The third kappa shape index (κ3) is 4.63. The van der Waals surface area contributed by atoms with Gasteiger partial charge in [0.25, 0.3) is 0 Å². The summed E-state index contributed by atoms with van der Waals surface area (Å²) < 4.78 is 0. The van der Waals surface area contributed by atoms with Gasteiger partial charge in [-0.1, -0.05) is 60.7 Å². The molecule has 1 aliphatic rings. The third-order valence-electron chi connectivity index (χ3n) is 4.64. The molecule has 5 nitrogen and oxygen atoms in total. The first-order valence-electron chi connectivity index (χ1n) is 9.06. The summed E-state index contributed by atoms with van der Waals surface area (Å²) in [5.41, 5.74) is 2.20. The van der Waals surface area contributed by atoms with Crippen molar-refractivity contribution in [3.05, 3.63) is 71.8 Å². The molecule has 0 radical (unpaired) electrons. The predicted octanol–water partition coefficient (Wildman–Crippen LogP) is 3.02. The van der Waals surface area contributed by atoms with Crippen molar-refractivity contribution < 1.29 is 9.59 Å². The molecule has 0 bridgehead atoms. The quantitative estimate of drug-likeness (QED) is 0.870. The highest BCUT2D eigenvalue weighted by Gasteiger charge is 2.31. The summed E-state index contributed by atoms with van der Waals surface area (Å²) >= 11 is 0. The summed E-state index contributed by atoms with van der Waals surface area (Å²) in [5.74, 6) is 0.0882. The number of benzene rings is 2. The Morgan fingerprint density at radius 1 is 1.08 bits per heavy atom. The lowest BCUT2D eigenvalue weighted by molar-refractivity contribution is -0.128. The van der Waals surface area contributed by atoms with Crippen LogP contribution in [0.4, 0.5) is 4.79 Å². The van der Waals surface area contributed by atoms with Crippen LogP contribution in [0.2, 0.25) is 0 Å². The Morgan fingerprint density at radius 2 is 1.69 bits per heavy atom. The van der Waals surface area contributed by atoms with Gasteiger partial charge < -0.3 is 15.1 Å². The highest BCUT2D eigenvalue weighted by atomic mass is 16.2. The minimum Gasteiger partial charge on any atom is -0.336 e. The average molecular weight is 351 g/mol. The maximum Gasteiger partial charge on any atom is 0.317 e. The Labute approximate surface area is 154 Å². The van der Waals surface area contributed by atoms with Crippen LogP contribution in [0.15, 0.2) is 60.7 Å². The molecule has 1 saturated heterocycles. The number of amides is 3. The molecule has 0 saturated carbocycles. The van der Waals surface area contributed by atoms with E-state index in [0.29, 0.717) is 32.6 Å². The van der Waals surface area contributed by atoms with Crippen LogP contribution in [0.3, 0.4) is 0 Å². The monoisotopic (exact) mass is 351 g/mol. The molecule has 1 unspecified atom stereocenters. The Bertz CT molecular complexity index is 733. The van der Waals surface area contributed by atoms with Crippen LogP contribution >= 0.6 is 0 Å². The van der Waals surface area contributed by atoms with E-state index < -0.39 is 0 Å². The van der Waals surface area contributed by atoms with Crippen LogP contribution in [-0.2, 0) is 17.9 Å². The maximum atomic E-state index is 12.6. The average Bonchev–Trinajstić information content (AvgIpc) is 3.00. The van der Waals surface area contributed by atoms with Gasteiger partial charge in [0.15, 0.2) is 0 Å². The zero-order chi connectivity index (χ0) is 18.4. The number of hydrogen-bond donors (Lipinski definition) is 1. The third-order valence-corrected chi connectivity index (χ3v) is 4.64. The smallest absolute Gasteiger partial charge is 0.317 e. The minimum atomic E-state index is -0.136. The Hall–Kier alpha value is -2.82. The van der Waals surface area contributed by atoms with Crippen molar-refractivity contribution in [2.45, 2.75) is 32.5 Å². The van der Waals surface area contributed by atoms with Crippen LogP contribution in [0.1, 0.15) is 24.5 Å². The van der Waals surface area contributed by atoms with E-state index in [1.54, 1.807) is 4.90 Å².